The summed E-state index contributed by atoms with van der Waals surface area (Å²) in [6.07, 6.45) is 3.28. The van der Waals surface area contributed by atoms with Gasteiger partial charge in [0.25, 0.3) is 10.0 Å². The number of ether oxygens (including phenoxy) is 1. The number of nitrogens with zero attached hydrogens (tertiary/aromatic N) is 4. The van der Waals surface area contributed by atoms with E-state index in [9.17, 15) is 17.6 Å². The zero-order chi connectivity index (χ0) is 26.2. The van der Waals surface area contributed by atoms with Gasteiger partial charge in [0.1, 0.15) is 5.82 Å². The Morgan fingerprint density at radius 2 is 1.97 bits per heavy atom. The molecule has 1 aliphatic rings. The lowest BCUT2D eigenvalue weighted by molar-refractivity contribution is -0.118. The summed E-state index contributed by atoms with van der Waals surface area (Å²) in [6.45, 7) is 1.93. The molecule has 1 unspecified atom stereocenters. The van der Waals surface area contributed by atoms with Gasteiger partial charge >= 0.3 is 0 Å². The van der Waals surface area contributed by atoms with Gasteiger partial charge in [0.15, 0.2) is 5.03 Å². The van der Waals surface area contributed by atoms with Crippen LogP contribution >= 0.6 is 0 Å². The van der Waals surface area contributed by atoms with E-state index in [-0.39, 0.29) is 23.3 Å². The standard InChI is InChI=1S/C25H30FN5O4S/c1-15(30(2)3)22-14-25(28-31(22)4)36(33,34)29-23(32)13-20-17-7-6-8-18(17)21(26)12-19(20)16-9-10-27-24(11-16)35-5/h9-12,14-15H,6-8,13H2,1-5H3,(H,29,32). The van der Waals surface area contributed by atoms with Gasteiger partial charge in [-0.25, -0.2) is 14.1 Å². The van der Waals surface area contributed by atoms with E-state index in [2.05, 4.69) is 14.8 Å². The molecule has 192 valence electrons. The number of aromatic nitrogens is 3. The van der Waals surface area contributed by atoms with Crippen molar-refractivity contribution >= 4 is 15.9 Å². The number of aryl methyl sites for hydroxylation is 1. The second kappa shape index (κ2) is 9.98. The number of rotatable bonds is 8. The van der Waals surface area contributed by atoms with Crippen molar-refractivity contribution in [2.75, 3.05) is 21.2 Å². The summed E-state index contributed by atoms with van der Waals surface area (Å²) in [5.74, 6) is -0.698. The van der Waals surface area contributed by atoms with Gasteiger partial charge in [-0.3, -0.25) is 9.48 Å². The number of halogens is 1. The number of nitrogens with one attached hydrogen (secondary N) is 1. The number of carbonyl (C=O) groups excluding carboxylic acids is 1. The molecule has 1 N–H and O–H groups in total. The van der Waals surface area contributed by atoms with Crippen molar-refractivity contribution in [3.05, 3.63) is 58.7 Å². The maximum Gasteiger partial charge on any atom is 0.283 e. The highest BCUT2D eigenvalue weighted by atomic mass is 32.2. The molecule has 2 heterocycles. The number of carbonyl (C=O) groups is 1. The van der Waals surface area contributed by atoms with Crippen LogP contribution in [0, 0.1) is 5.82 Å². The third-order valence-corrected chi connectivity index (χ3v) is 7.93. The second-order valence-corrected chi connectivity index (χ2v) is 10.8. The van der Waals surface area contributed by atoms with Crippen LogP contribution in [0.25, 0.3) is 11.1 Å². The van der Waals surface area contributed by atoms with E-state index in [1.54, 1.807) is 25.4 Å². The lowest BCUT2D eigenvalue weighted by Crippen LogP contribution is -2.32. The minimum absolute atomic E-state index is 0.0798. The minimum Gasteiger partial charge on any atom is -0.481 e. The Bertz CT molecular complexity index is 1420. The Morgan fingerprint density at radius 3 is 2.67 bits per heavy atom. The van der Waals surface area contributed by atoms with Crippen molar-refractivity contribution in [2.24, 2.45) is 7.05 Å². The summed E-state index contributed by atoms with van der Waals surface area (Å²) in [5.41, 5.74) is 3.78. The average molecular weight is 516 g/mol. The minimum atomic E-state index is -4.20. The summed E-state index contributed by atoms with van der Waals surface area (Å²) < 4.78 is 49.8. The number of benzene rings is 1. The van der Waals surface area contributed by atoms with E-state index in [0.717, 1.165) is 12.0 Å². The molecule has 0 spiro atoms. The highest BCUT2D eigenvalue weighted by molar-refractivity contribution is 7.90. The number of amides is 1. The largest absolute Gasteiger partial charge is 0.481 e. The molecule has 1 aromatic carbocycles. The third kappa shape index (κ3) is 4.98. The fourth-order valence-electron chi connectivity index (χ4n) is 4.59. The molecule has 1 aliphatic carbocycles. The molecule has 0 aliphatic heterocycles. The average Bonchev–Trinajstić information content (AvgIpc) is 3.48. The monoisotopic (exact) mass is 515 g/mol. The second-order valence-electron chi connectivity index (χ2n) is 9.16. The fourth-order valence-corrected chi connectivity index (χ4v) is 5.57. The van der Waals surface area contributed by atoms with Crippen molar-refractivity contribution in [2.45, 2.75) is 43.7 Å². The summed E-state index contributed by atoms with van der Waals surface area (Å²) in [5, 5.41) is 3.89. The maximum absolute atomic E-state index is 14.9. The zero-order valence-electron chi connectivity index (χ0n) is 21.0. The number of hydrogen-bond donors (Lipinski definition) is 1. The molecule has 3 aromatic rings. The number of pyridine rings is 1. The molecule has 2 aromatic heterocycles. The Morgan fingerprint density at radius 1 is 1.25 bits per heavy atom. The van der Waals surface area contributed by atoms with Gasteiger partial charge in [0, 0.05) is 31.4 Å². The van der Waals surface area contributed by atoms with E-state index in [0.29, 0.717) is 46.7 Å². The molecule has 1 amide bonds. The van der Waals surface area contributed by atoms with E-state index in [1.807, 2.05) is 25.9 Å². The van der Waals surface area contributed by atoms with Gasteiger partial charge in [-0.15, -0.1) is 0 Å². The summed E-state index contributed by atoms with van der Waals surface area (Å²) in [4.78, 5) is 19.1. The first-order valence-corrected chi connectivity index (χ1v) is 13.1. The molecule has 0 radical (unpaired) electrons. The van der Waals surface area contributed by atoms with Gasteiger partial charge < -0.3 is 9.64 Å². The van der Waals surface area contributed by atoms with Crippen LogP contribution in [-0.2, 0) is 41.1 Å². The molecule has 0 saturated heterocycles. The lowest BCUT2D eigenvalue weighted by Gasteiger charge is -2.19. The summed E-state index contributed by atoms with van der Waals surface area (Å²) >= 11 is 0. The van der Waals surface area contributed by atoms with Gasteiger partial charge in [0.05, 0.1) is 19.2 Å². The molecular weight excluding hydrogens is 485 g/mol. The van der Waals surface area contributed by atoms with Crippen LogP contribution < -0.4 is 9.46 Å². The molecule has 0 saturated carbocycles. The molecule has 1 atom stereocenters. The van der Waals surface area contributed by atoms with E-state index in [1.165, 1.54) is 23.9 Å². The molecule has 0 bridgehead atoms. The molecule has 11 heteroatoms. The summed E-state index contributed by atoms with van der Waals surface area (Å²) in [7, 11) is 2.70. The first-order chi connectivity index (χ1) is 17.0. The lowest BCUT2D eigenvalue weighted by atomic mass is 9.91. The smallest absolute Gasteiger partial charge is 0.283 e. The van der Waals surface area contributed by atoms with Crippen molar-refractivity contribution < 1.29 is 22.3 Å². The van der Waals surface area contributed by atoms with Crippen LogP contribution in [0.4, 0.5) is 4.39 Å². The van der Waals surface area contributed by atoms with E-state index >= 15 is 0 Å². The predicted octanol–water partition coefficient (Wildman–Crippen LogP) is 2.79. The van der Waals surface area contributed by atoms with Crippen LogP contribution in [0.3, 0.4) is 0 Å². The Balaban J connectivity index is 1.66. The number of sulfonamides is 1. The molecule has 4 rings (SSSR count). The molecule has 9 nitrogen and oxygen atoms in total. The van der Waals surface area contributed by atoms with Gasteiger partial charge in [0.2, 0.25) is 11.8 Å². The zero-order valence-corrected chi connectivity index (χ0v) is 21.8. The topological polar surface area (TPSA) is 106 Å². The molecule has 0 fully saturated rings. The van der Waals surface area contributed by atoms with Crippen LogP contribution in [-0.4, -0.2) is 55.2 Å². The highest BCUT2D eigenvalue weighted by Gasteiger charge is 2.28. The Hall–Kier alpha value is -3.31. The number of fused-ring (bicyclic) bond motifs is 1. The van der Waals surface area contributed by atoms with Crippen LogP contribution in [0.15, 0.2) is 35.5 Å². The van der Waals surface area contributed by atoms with Gasteiger partial charge in [-0.05, 0) is 80.2 Å². The molecular formula is C25H30FN5O4S. The fraction of sp³-hybridized carbons (Fsp3) is 0.400. The van der Waals surface area contributed by atoms with Crippen LogP contribution in [0.2, 0.25) is 0 Å². The maximum atomic E-state index is 14.9. The van der Waals surface area contributed by atoms with E-state index < -0.39 is 15.9 Å². The Kier molecular flexibility index (Phi) is 7.14. The number of hydrogen-bond acceptors (Lipinski definition) is 7. The van der Waals surface area contributed by atoms with E-state index in [4.69, 9.17) is 4.74 Å². The van der Waals surface area contributed by atoms with Crippen molar-refractivity contribution in [1.29, 1.82) is 0 Å². The van der Waals surface area contributed by atoms with Crippen LogP contribution in [0.5, 0.6) is 5.88 Å². The predicted molar refractivity (Wildman–Crippen MR) is 133 cm³/mol. The van der Waals surface area contributed by atoms with Crippen molar-refractivity contribution in [3.8, 4) is 17.0 Å². The SMILES string of the molecule is COc1cc(-c2cc(F)c3c(c2CC(=O)NS(=O)(=O)c2cc(C(C)N(C)C)n(C)n2)CCC3)ccn1. The Labute approximate surface area is 210 Å². The van der Waals surface area contributed by atoms with Crippen molar-refractivity contribution in [1.82, 2.24) is 24.4 Å². The highest BCUT2D eigenvalue weighted by Crippen LogP contribution is 2.36. The quantitative estimate of drug-likeness (QED) is 0.492. The normalized spacial score (nSPS) is 14.1. The summed E-state index contributed by atoms with van der Waals surface area (Å²) in [6, 6.07) is 6.16. The first kappa shape index (κ1) is 25.8. The van der Waals surface area contributed by atoms with Gasteiger partial charge in [-0.2, -0.15) is 13.5 Å². The van der Waals surface area contributed by atoms with Crippen molar-refractivity contribution in [3.63, 3.8) is 0 Å². The molecule has 36 heavy (non-hydrogen) atoms. The first-order valence-electron chi connectivity index (χ1n) is 11.6. The van der Waals surface area contributed by atoms with Crippen LogP contribution in [0.1, 0.15) is 41.8 Å². The third-order valence-electron chi connectivity index (χ3n) is 6.68. The van der Waals surface area contributed by atoms with Gasteiger partial charge in [-0.1, -0.05) is 0 Å². The number of methoxy groups -OCH3 is 1.